The van der Waals surface area contributed by atoms with Crippen LogP contribution in [0.1, 0.15) is 20.7 Å². The van der Waals surface area contributed by atoms with Gasteiger partial charge in [-0.2, -0.15) is 0 Å². The number of halogens is 4. The van der Waals surface area contributed by atoms with Gasteiger partial charge in [-0.3, -0.25) is 9.59 Å². The minimum absolute atomic E-state index is 0.173. The molecule has 3 rings (SSSR count). The first-order valence-electron chi connectivity index (χ1n) is 7.85. The van der Waals surface area contributed by atoms with Crippen molar-refractivity contribution in [2.75, 3.05) is 26.2 Å². The fourth-order valence-corrected chi connectivity index (χ4v) is 3.36. The van der Waals surface area contributed by atoms with Crippen molar-refractivity contribution in [2.45, 2.75) is 0 Å². The monoisotopic (exact) mass is 398 g/mol. The van der Waals surface area contributed by atoms with Gasteiger partial charge >= 0.3 is 0 Å². The Morgan fingerprint density at radius 3 is 1.77 bits per heavy atom. The van der Waals surface area contributed by atoms with Gasteiger partial charge in [-0.05, 0) is 30.3 Å². The molecule has 2 amide bonds. The van der Waals surface area contributed by atoms with Gasteiger partial charge in [0, 0.05) is 41.8 Å². The van der Waals surface area contributed by atoms with Crippen molar-refractivity contribution < 1.29 is 18.4 Å². The average molecular weight is 399 g/mol. The number of hydrogen-bond donors (Lipinski definition) is 0. The summed E-state index contributed by atoms with van der Waals surface area (Å²) in [6, 6.07) is 7.84. The van der Waals surface area contributed by atoms with E-state index in [9.17, 15) is 18.4 Å². The van der Waals surface area contributed by atoms with Crippen LogP contribution in [-0.4, -0.2) is 47.8 Å². The fourth-order valence-electron chi connectivity index (χ4n) is 2.83. The van der Waals surface area contributed by atoms with E-state index < -0.39 is 23.1 Å². The Hall–Kier alpha value is -2.18. The van der Waals surface area contributed by atoms with Crippen LogP contribution in [0.2, 0.25) is 10.0 Å². The zero-order valence-electron chi connectivity index (χ0n) is 13.5. The molecule has 2 aromatic rings. The molecule has 136 valence electrons. The molecule has 0 aliphatic carbocycles. The van der Waals surface area contributed by atoms with Crippen molar-refractivity contribution >= 4 is 35.0 Å². The van der Waals surface area contributed by atoms with Crippen molar-refractivity contribution in [1.82, 2.24) is 9.80 Å². The van der Waals surface area contributed by atoms with Crippen molar-refractivity contribution in [3.63, 3.8) is 0 Å². The number of piperazine rings is 1. The minimum Gasteiger partial charge on any atom is -0.335 e. The maximum absolute atomic E-state index is 13.8. The Bertz CT molecular complexity index is 828. The van der Waals surface area contributed by atoms with Gasteiger partial charge in [0.1, 0.15) is 17.2 Å². The zero-order chi connectivity index (χ0) is 18.8. The number of carbonyl (C=O) groups is 2. The molecule has 1 saturated heterocycles. The summed E-state index contributed by atoms with van der Waals surface area (Å²) in [5, 5.41) is 0.703. The first kappa shape index (κ1) is 18.6. The van der Waals surface area contributed by atoms with Gasteiger partial charge in [0.25, 0.3) is 11.8 Å². The lowest BCUT2D eigenvalue weighted by molar-refractivity contribution is 0.0530. The summed E-state index contributed by atoms with van der Waals surface area (Å²) < 4.78 is 27.6. The predicted molar refractivity (Wildman–Crippen MR) is 94.6 cm³/mol. The first-order chi connectivity index (χ1) is 12.4. The molecule has 0 aromatic heterocycles. The maximum Gasteiger partial charge on any atom is 0.259 e. The molecule has 0 atom stereocenters. The molecule has 1 aliphatic rings. The molecule has 1 heterocycles. The van der Waals surface area contributed by atoms with Crippen molar-refractivity contribution in [1.29, 1.82) is 0 Å². The van der Waals surface area contributed by atoms with Crippen LogP contribution in [0.15, 0.2) is 36.4 Å². The Morgan fingerprint density at radius 2 is 1.27 bits per heavy atom. The lowest BCUT2D eigenvalue weighted by Gasteiger charge is -2.35. The van der Waals surface area contributed by atoms with Gasteiger partial charge in [-0.25, -0.2) is 8.78 Å². The summed E-state index contributed by atoms with van der Waals surface area (Å²) in [6.07, 6.45) is 0. The second kappa shape index (κ2) is 7.60. The summed E-state index contributed by atoms with van der Waals surface area (Å²) in [7, 11) is 0. The minimum atomic E-state index is -0.901. The topological polar surface area (TPSA) is 40.6 Å². The lowest BCUT2D eigenvalue weighted by Crippen LogP contribution is -2.50. The van der Waals surface area contributed by atoms with E-state index in [0.717, 1.165) is 12.1 Å². The largest absolute Gasteiger partial charge is 0.335 e. The van der Waals surface area contributed by atoms with Gasteiger partial charge in [-0.1, -0.05) is 29.3 Å². The fraction of sp³-hybridized carbons (Fsp3) is 0.222. The summed E-state index contributed by atoms with van der Waals surface area (Å²) in [4.78, 5) is 27.8. The molecule has 2 aromatic carbocycles. The number of amides is 2. The standard InChI is InChI=1S/C18H14Cl2F2N2O2/c19-12-8-11(9-13(20)10-12)17(25)23-4-6-24(7-5-23)18(26)16-14(21)2-1-3-15(16)22/h1-3,8-10H,4-7H2. The number of rotatable bonds is 2. The van der Waals surface area contributed by atoms with Crippen LogP contribution in [0.25, 0.3) is 0 Å². The molecule has 0 spiro atoms. The zero-order valence-corrected chi connectivity index (χ0v) is 15.0. The summed E-state index contributed by atoms with van der Waals surface area (Å²) in [6.45, 7) is 0.828. The Balaban J connectivity index is 1.69. The van der Waals surface area contributed by atoms with Crippen LogP contribution in [0.4, 0.5) is 8.78 Å². The van der Waals surface area contributed by atoms with Gasteiger partial charge in [-0.15, -0.1) is 0 Å². The molecule has 26 heavy (non-hydrogen) atoms. The van der Waals surface area contributed by atoms with E-state index in [0.29, 0.717) is 15.6 Å². The lowest BCUT2D eigenvalue weighted by atomic mass is 10.1. The smallest absolute Gasteiger partial charge is 0.259 e. The van der Waals surface area contributed by atoms with Crippen LogP contribution < -0.4 is 0 Å². The van der Waals surface area contributed by atoms with E-state index >= 15 is 0 Å². The highest BCUT2D eigenvalue weighted by Crippen LogP contribution is 2.21. The third kappa shape index (κ3) is 3.81. The van der Waals surface area contributed by atoms with E-state index in [1.165, 1.54) is 29.2 Å². The predicted octanol–water partition coefficient (Wildman–Crippen LogP) is 3.87. The third-order valence-corrected chi connectivity index (χ3v) is 4.58. The molecule has 0 bridgehead atoms. The molecular weight excluding hydrogens is 385 g/mol. The molecular formula is C18H14Cl2F2N2O2. The highest BCUT2D eigenvalue weighted by atomic mass is 35.5. The van der Waals surface area contributed by atoms with Crippen molar-refractivity contribution in [2.24, 2.45) is 0 Å². The van der Waals surface area contributed by atoms with Crippen LogP contribution in [0, 0.1) is 11.6 Å². The molecule has 4 nitrogen and oxygen atoms in total. The first-order valence-corrected chi connectivity index (χ1v) is 8.61. The maximum atomic E-state index is 13.8. The third-order valence-electron chi connectivity index (χ3n) is 4.14. The number of benzene rings is 2. The van der Waals surface area contributed by atoms with E-state index in [1.54, 1.807) is 4.90 Å². The Kier molecular flexibility index (Phi) is 5.44. The molecule has 1 aliphatic heterocycles. The van der Waals surface area contributed by atoms with Gasteiger partial charge < -0.3 is 9.80 Å². The van der Waals surface area contributed by atoms with Crippen LogP contribution in [0.3, 0.4) is 0 Å². The van der Waals surface area contributed by atoms with Crippen molar-refractivity contribution in [3.8, 4) is 0 Å². The van der Waals surface area contributed by atoms with Gasteiger partial charge in [0.05, 0.1) is 0 Å². The molecule has 0 radical (unpaired) electrons. The highest BCUT2D eigenvalue weighted by Gasteiger charge is 2.28. The average Bonchev–Trinajstić information content (AvgIpc) is 2.60. The quantitative estimate of drug-likeness (QED) is 0.770. The van der Waals surface area contributed by atoms with E-state index in [4.69, 9.17) is 23.2 Å². The van der Waals surface area contributed by atoms with Crippen LogP contribution in [-0.2, 0) is 0 Å². The number of carbonyl (C=O) groups excluding carboxylic acids is 2. The second-order valence-electron chi connectivity index (χ2n) is 5.84. The van der Waals surface area contributed by atoms with Crippen LogP contribution in [0.5, 0.6) is 0 Å². The Labute approximate surface area is 158 Å². The summed E-state index contributed by atoms with van der Waals surface area (Å²) >= 11 is 11.8. The summed E-state index contributed by atoms with van der Waals surface area (Å²) in [5.41, 5.74) is -0.226. The normalized spacial score (nSPS) is 14.5. The summed E-state index contributed by atoms with van der Waals surface area (Å²) in [5.74, 6) is -2.79. The highest BCUT2D eigenvalue weighted by molar-refractivity contribution is 6.35. The van der Waals surface area contributed by atoms with Crippen molar-refractivity contribution in [3.05, 3.63) is 69.2 Å². The van der Waals surface area contributed by atoms with E-state index in [2.05, 4.69) is 0 Å². The number of hydrogen-bond acceptors (Lipinski definition) is 2. The Morgan fingerprint density at radius 1 is 0.808 bits per heavy atom. The SMILES string of the molecule is O=C(c1cc(Cl)cc(Cl)c1)N1CCN(C(=O)c2c(F)cccc2F)CC1. The van der Waals surface area contributed by atoms with Crippen LogP contribution >= 0.6 is 23.2 Å². The number of nitrogens with zero attached hydrogens (tertiary/aromatic N) is 2. The second-order valence-corrected chi connectivity index (χ2v) is 6.71. The molecule has 1 fully saturated rings. The van der Waals surface area contributed by atoms with E-state index in [1.807, 2.05) is 0 Å². The molecule has 0 saturated carbocycles. The van der Waals surface area contributed by atoms with Gasteiger partial charge in [0.2, 0.25) is 0 Å². The molecule has 0 unspecified atom stereocenters. The van der Waals surface area contributed by atoms with E-state index in [-0.39, 0.29) is 32.1 Å². The van der Waals surface area contributed by atoms with Gasteiger partial charge in [0.15, 0.2) is 0 Å². The molecule has 8 heteroatoms. The molecule has 0 N–H and O–H groups in total.